The number of fused-ring (bicyclic) bond motifs is 1. The molecule has 3 N–H and O–H groups in total. The molecule has 2 saturated heterocycles. The Labute approximate surface area is 187 Å². The van der Waals surface area contributed by atoms with Crippen LogP contribution in [0.1, 0.15) is 58.4 Å². The van der Waals surface area contributed by atoms with E-state index in [-0.39, 0.29) is 18.7 Å². The van der Waals surface area contributed by atoms with Gasteiger partial charge in [0.25, 0.3) is 11.8 Å². The highest BCUT2D eigenvalue weighted by Crippen LogP contribution is 2.28. The summed E-state index contributed by atoms with van der Waals surface area (Å²) in [5.41, 5.74) is 1.57. The number of hydrogen-bond donors (Lipinski definition) is 3. The van der Waals surface area contributed by atoms with Gasteiger partial charge in [0.1, 0.15) is 6.04 Å². The highest BCUT2D eigenvalue weighted by molar-refractivity contribution is 6.23. The van der Waals surface area contributed by atoms with Crippen molar-refractivity contribution in [3.05, 3.63) is 34.9 Å². The van der Waals surface area contributed by atoms with Crippen molar-refractivity contribution in [3.8, 4) is 0 Å². The molecule has 3 aliphatic rings. The number of nitrogens with zero attached hydrogens (tertiary/aromatic N) is 2. The summed E-state index contributed by atoms with van der Waals surface area (Å²) in [5, 5.41) is 8.99. The normalized spacial score (nSPS) is 21.8. The fourth-order valence-electron chi connectivity index (χ4n) is 4.56. The number of unbranched alkanes of at least 4 members (excludes halogenated alkanes) is 2. The Morgan fingerprint density at radius 1 is 0.969 bits per heavy atom. The number of carbonyl (C=O) groups is 4. The van der Waals surface area contributed by atoms with E-state index in [2.05, 4.69) is 20.9 Å². The number of carbonyl (C=O) groups excluding carboxylic acids is 4. The fourth-order valence-corrected chi connectivity index (χ4v) is 4.56. The van der Waals surface area contributed by atoms with E-state index in [0.29, 0.717) is 17.7 Å². The first-order valence-electron chi connectivity index (χ1n) is 11.5. The Morgan fingerprint density at radius 2 is 1.75 bits per heavy atom. The molecular weight excluding hydrogens is 410 g/mol. The molecule has 3 aliphatic heterocycles. The highest BCUT2D eigenvalue weighted by Gasteiger charge is 2.44. The molecule has 2 fully saturated rings. The molecular formula is C23H31N5O4. The zero-order chi connectivity index (χ0) is 22.5. The molecule has 3 heterocycles. The fraction of sp³-hybridized carbons (Fsp3) is 0.565. The monoisotopic (exact) mass is 441 g/mol. The van der Waals surface area contributed by atoms with Gasteiger partial charge in [-0.2, -0.15) is 0 Å². The number of piperazine rings is 1. The molecule has 0 aromatic heterocycles. The molecule has 4 amide bonds. The predicted molar refractivity (Wildman–Crippen MR) is 118 cm³/mol. The SMILES string of the molecule is O=C1CCC(N2C(=O)c3ccc(CNCCCCCN4CCNCC4)cc3C2=O)C(=O)N1. The maximum Gasteiger partial charge on any atom is 0.262 e. The summed E-state index contributed by atoms with van der Waals surface area (Å²) in [5.74, 6) is -1.90. The molecule has 1 aromatic carbocycles. The Balaban J connectivity index is 1.24. The summed E-state index contributed by atoms with van der Waals surface area (Å²) >= 11 is 0. The third kappa shape index (κ3) is 5.06. The van der Waals surface area contributed by atoms with Gasteiger partial charge in [0.05, 0.1) is 11.1 Å². The van der Waals surface area contributed by atoms with Gasteiger partial charge in [0.2, 0.25) is 11.8 Å². The molecule has 9 nitrogen and oxygen atoms in total. The third-order valence-corrected chi connectivity index (χ3v) is 6.37. The van der Waals surface area contributed by atoms with Crippen LogP contribution in [0.3, 0.4) is 0 Å². The molecule has 1 unspecified atom stereocenters. The summed E-state index contributed by atoms with van der Waals surface area (Å²) < 4.78 is 0. The van der Waals surface area contributed by atoms with Crippen molar-refractivity contribution < 1.29 is 19.2 Å². The number of rotatable bonds is 9. The van der Waals surface area contributed by atoms with Crippen molar-refractivity contribution >= 4 is 23.6 Å². The Hall–Kier alpha value is -2.62. The summed E-state index contributed by atoms with van der Waals surface area (Å²) in [6, 6.07) is 4.31. The lowest BCUT2D eigenvalue weighted by atomic mass is 10.0. The lowest BCUT2D eigenvalue weighted by Crippen LogP contribution is -2.54. The van der Waals surface area contributed by atoms with Crippen molar-refractivity contribution in [1.29, 1.82) is 0 Å². The summed E-state index contributed by atoms with van der Waals surface area (Å²) in [7, 11) is 0. The van der Waals surface area contributed by atoms with Crippen LogP contribution in [0.15, 0.2) is 18.2 Å². The number of imide groups is 2. The second-order valence-electron chi connectivity index (χ2n) is 8.66. The maximum absolute atomic E-state index is 12.9. The van der Waals surface area contributed by atoms with Gasteiger partial charge in [-0.25, -0.2) is 0 Å². The van der Waals surface area contributed by atoms with Gasteiger partial charge >= 0.3 is 0 Å². The largest absolute Gasteiger partial charge is 0.314 e. The number of benzene rings is 1. The molecule has 0 aliphatic carbocycles. The van der Waals surface area contributed by atoms with Gasteiger partial charge in [-0.3, -0.25) is 29.4 Å². The molecule has 9 heteroatoms. The first-order chi connectivity index (χ1) is 15.5. The lowest BCUT2D eigenvalue weighted by Gasteiger charge is -2.27. The van der Waals surface area contributed by atoms with E-state index in [9.17, 15) is 19.2 Å². The zero-order valence-electron chi connectivity index (χ0n) is 18.3. The van der Waals surface area contributed by atoms with Gasteiger partial charge < -0.3 is 15.5 Å². The second-order valence-corrected chi connectivity index (χ2v) is 8.66. The standard InChI is InChI=1S/C23H31N5O4/c29-20-7-6-19(21(30)26-20)28-22(31)17-5-4-16(14-18(17)23(28)32)15-25-8-2-1-3-11-27-12-9-24-10-13-27/h4-5,14,19,24-25H,1-3,6-13,15H2,(H,26,29,30). The topological polar surface area (TPSA) is 111 Å². The Bertz CT molecular complexity index is 896. The summed E-state index contributed by atoms with van der Waals surface area (Å²) in [6.45, 7) is 7.12. The van der Waals surface area contributed by atoms with E-state index in [0.717, 1.165) is 56.2 Å². The van der Waals surface area contributed by atoms with Crippen LogP contribution in [0.5, 0.6) is 0 Å². The molecule has 0 spiro atoms. The minimum atomic E-state index is -0.928. The molecule has 32 heavy (non-hydrogen) atoms. The van der Waals surface area contributed by atoms with E-state index < -0.39 is 23.8 Å². The zero-order valence-corrected chi connectivity index (χ0v) is 18.3. The smallest absolute Gasteiger partial charge is 0.262 e. The second kappa shape index (κ2) is 10.3. The van der Waals surface area contributed by atoms with E-state index in [1.54, 1.807) is 12.1 Å². The van der Waals surface area contributed by atoms with E-state index >= 15 is 0 Å². The van der Waals surface area contributed by atoms with Crippen molar-refractivity contribution in [2.24, 2.45) is 0 Å². The maximum atomic E-state index is 12.9. The van der Waals surface area contributed by atoms with Crippen LogP contribution in [-0.2, 0) is 16.1 Å². The van der Waals surface area contributed by atoms with Crippen LogP contribution in [0.25, 0.3) is 0 Å². The molecule has 1 atom stereocenters. The quantitative estimate of drug-likeness (QED) is 0.372. The van der Waals surface area contributed by atoms with Crippen molar-refractivity contribution in [3.63, 3.8) is 0 Å². The van der Waals surface area contributed by atoms with E-state index in [4.69, 9.17) is 0 Å². The Kier molecular flexibility index (Phi) is 7.29. The number of piperidine rings is 1. The van der Waals surface area contributed by atoms with E-state index in [1.807, 2.05) is 6.07 Å². The molecule has 1 aromatic rings. The van der Waals surface area contributed by atoms with Gasteiger partial charge in [-0.1, -0.05) is 12.5 Å². The average molecular weight is 442 g/mol. The lowest BCUT2D eigenvalue weighted by molar-refractivity contribution is -0.136. The van der Waals surface area contributed by atoms with Gasteiger partial charge in [-0.15, -0.1) is 0 Å². The van der Waals surface area contributed by atoms with Crippen LogP contribution in [-0.4, -0.2) is 78.7 Å². The van der Waals surface area contributed by atoms with Crippen molar-refractivity contribution in [2.45, 2.75) is 44.7 Å². The minimum absolute atomic E-state index is 0.119. The van der Waals surface area contributed by atoms with Gasteiger partial charge in [-0.05, 0) is 50.0 Å². The van der Waals surface area contributed by atoms with Crippen molar-refractivity contribution in [2.75, 3.05) is 39.3 Å². The van der Waals surface area contributed by atoms with Crippen LogP contribution in [0.4, 0.5) is 0 Å². The number of nitrogens with one attached hydrogen (secondary N) is 3. The van der Waals surface area contributed by atoms with Crippen LogP contribution < -0.4 is 16.0 Å². The molecule has 172 valence electrons. The number of hydrogen-bond acceptors (Lipinski definition) is 7. The minimum Gasteiger partial charge on any atom is -0.314 e. The first-order valence-corrected chi connectivity index (χ1v) is 11.5. The van der Waals surface area contributed by atoms with Crippen LogP contribution >= 0.6 is 0 Å². The third-order valence-electron chi connectivity index (χ3n) is 6.37. The van der Waals surface area contributed by atoms with Crippen LogP contribution in [0.2, 0.25) is 0 Å². The van der Waals surface area contributed by atoms with Gasteiger partial charge in [0.15, 0.2) is 0 Å². The predicted octanol–water partition coefficient (Wildman–Crippen LogP) is 0.253. The molecule has 0 radical (unpaired) electrons. The summed E-state index contributed by atoms with van der Waals surface area (Å²) in [4.78, 5) is 52.7. The summed E-state index contributed by atoms with van der Waals surface area (Å²) in [6.07, 6.45) is 3.76. The Morgan fingerprint density at radius 3 is 2.53 bits per heavy atom. The first kappa shape index (κ1) is 22.6. The van der Waals surface area contributed by atoms with Crippen molar-refractivity contribution in [1.82, 2.24) is 25.8 Å². The molecule has 0 bridgehead atoms. The molecule has 0 saturated carbocycles. The van der Waals surface area contributed by atoms with E-state index in [1.165, 1.54) is 12.8 Å². The number of amides is 4. The van der Waals surface area contributed by atoms with Gasteiger partial charge in [0, 0.05) is 39.1 Å². The molecule has 4 rings (SSSR count). The average Bonchev–Trinajstić information content (AvgIpc) is 3.04. The highest BCUT2D eigenvalue weighted by atomic mass is 16.2. The van der Waals surface area contributed by atoms with Crippen LogP contribution in [0, 0.1) is 0 Å².